The van der Waals surface area contributed by atoms with Crippen LogP contribution in [0.25, 0.3) is 11.0 Å². The quantitative estimate of drug-likeness (QED) is 0.414. The van der Waals surface area contributed by atoms with E-state index in [-0.39, 0.29) is 33.4 Å². The number of aromatic amines is 1. The molecule has 0 bridgehead atoms. The maximum atomic E-state index is 12.7. The molecule has 0 aliphatic rings. The Labute approximate surface area is 136 Å². The fraction of sp³-hybridized carbons (Fsp3) is 0.0769. The molecule has 7 nitrogen and oxygen atoms in total. The summed E-state index contributed by atoms with van der Waals surface area (Å²) in [5, 5.41) is 13.7. The van der Waals surface area contributed by atoms with E-state index < -0.39 is 16.9 Å². The van der Waals surface area contributed by atoms with Crippen molar-refractivity contribution in [3.8, 4) is 0 Å². The fourth-order valence-corrected chi connectivity index (χ4v) is 2.17. The van der Waals surface area contributed by atoms with Crippen LogP contribution in [-0.2, 0) is 6.18 Å². The summed E-state index contributed by atoms with van der Waals surface area (Å²) in [5.41, 5.74) is 0.205. The minimum absolute atomic E-state index is 0.0325. The number of halogens is 4. The maximum Gasteiger partial charge on any atom is 0.449 e. The molecule has 0 saturated carbocycles. The van der Waals surface area contributed by atoms with Crippen molar-refractivity contribution in [1.82, 2.24) is 15.0 Å². The monoisotopic (exact) mass is 357 g/mol. The molecule has 3 rings (SSSR count). The standard InChI is InChI=1S/C13H7ClF3N5O2/c14-10-4-3-9(22(23)24)11(21-10)18-6-1-2-7-8(5-6)20-12(19-7)13(15,16)17/h1-5H,(H,18,21)(H,19,20). The summed E-state index contributed by atoms with van der Waals surface area (Å²) in [5.74, 6) is -1.25. The zero-order valence-electron chi connectivity index (χ0n) is 11.6. The van der Waals surface area contributed by atoms with Crippen molar-refractivity contribution in [3.63, 3.8) is 0 Å². The molecule has 2 N–H and O–H groups in total. The van der Waals surface area contributed by atoms with E-state index in [4.69, 9.17) is 11.6 Å². The van der Waals surface area contributed by atoms with Crippen LogP contribution < -0.4 is 5.32 Å². The number of rotatable bonds is 3. The number of hydrogen-bond donors (Lipinski definition) is 2. The van der Waals surface area contributed by atoms with Crippen LogP contribution in [0.1, 0.15) is 5.82 Å². The third-order valence-electron chi connectivity index (χ3n) is 3.05. The Morgan fingerprint density at radius 1 is 1.21 bits per heavy atom. The molecule has 0 atom stereocenters. The van der Waals surface area contributed by atoms with Crippen LogP contribution in [0.4, 0.5) is 30.4 Å². The number of nitrogens with zero attached hydrogens (tertiary/aromatic N) is 3. The molecule has 24 heavy (non-hydrogen) atoms. The number of fused-ring (bicyclic) bond motifs is 1. The lowest BCUT2D eigenvalue weighted by atomic mass is 10.2. The maximum absolute atomic E-state index is 12.7. The number of benzene rings is 1. The Morgan fingerprint density at radius 3 is 2.62 bits per heavy atom. The molecule has 2 heterocycles. The Morgan fingerprint density at radius 2 is 1.96 bits per heavy atom. The van der Waals surface area contributed by atoms with Crippen LogP contribution in [0.2, 0.25) is 5.15 Å². The second kappa shape index (κ2) is 5.64. The first-order chi connectivity index (χ1) is 11.2. The minimum atomic E-state index is -4.60. The van der Waals surface area contributed by atoms with E-state index in [1.807, 2.05) is 0 Å². The number of pyridine rings is 1. The van der Waals surface area contributed by atoms with E-state index in [1.54, 1.807) is 0 Å². The van der Waals surface area contributed by atoms with Gasteiger partial charge in [0.15, 0.2) is 0 Å². The van der Waals surface area contributed by atoms with Gasteiger partial charge < -0.3 is 10.3 Å². The van der Waals surface area contributed by atoms with Crippen molar-refractivity contribution < 1.29 is 18.1 Å². The first kappa shape index (κ1) is 16.0. The summed E-state index contributed by atoms with van der Waals surface area (Å²) < 4.78 is 38.0. The van der Waals surface area contributed by atoms with Crippen molar-refractivity contribution in [2.45, 2.75) is 6.18 Å². The highest BCUT2D eigenvalue weighted by Gasteiger charge is 2.34. The minimum Gasteiger partial charge on any atom is -0.334 e. The molecule has 0 aliphatic heterocycles. The van der Waals surface area contributed by atoms with Gasteiger partial charge in [0.2, 0.25) is 11.6 Å². The first-order valence-corrected chi connectivity index (χ1v) is 6.77. The molecular weight excluding hydrogens is 351 g/mol. The average molecular weight is 358 g/mol. The highest BCUT2D eigenvalue weighted by Crippen LogP contribution is 2.31. The predicted octanol–water partition coefficient (Wildman–Crippen LogP) is 4.28. The fourth-order valence-electron chi connectivity index (χ4n) is 2.03. The summed E-state index contributed by atoms with van der Waals surface area (Å²) in [6.07, 6.45) is -4.60. The average Bonchev–Trinajstić information content (AvgIpc) is 2.90. The van der Waals surface area contributed by atoms with Gasteiger partial charge in [-0.05, 0) is 24.3 Å². The second-order valence-electron chi connectivity index (χ2n) is 4.70. The van der Waals surface area contributed by atoms with Gasteiger partial charge >= 0.3 is 11.9 Å². The number of imidazole rings is 1. The van der Waals surface area contributed by atoms with E-state index in [0.29, 0.717) is 0 Å². The Bertz CT molecular complexity index is 941. The van der Waals surface area contributed by atoms with Crippen LogP contribution in [0.15, 0.2) is 30.3 Å². The molecule has 0 amide bonds. The summed E-state index contributed by atoms with van der Waals surface area (Å²) in [6, 6.07) is 6.55. The zero-order chi connectivity index (χ0) is 17.5. The molecule has 1 aromatic carbocycles. The number of nitro groups is 1. The van der Waals surface area contributed by atoms with E-state index in [2.05, 4.69) is 20.3 Å². The molecule has 0 saturated heterocycles. The topological polar surface area (TPSA) is 96.7 Å². The summed E-state index contributed by atoms with van der Waals surface area (Å²) in [4.78, 5) is 19.8. The molecule has 0 aliphatic carbocycles. The summed E-state index contributed by atoms with van der Waals surface area (Å²) in [6.45, 7) is 0. The van der Waals surface area contributed by atoms with Gasteiger partial charge in [-0.3, -0.25) is 10.1 Å². The van der Waals surface area contributed by atoms with Crippen LogP contribution in [0.3, 0.4) is 0 Å². The van der Waals surface area contributed by atoms with Crippen molar-refractivity contribution in [2.24, 2.45) is 0 Å². The van der Waals surface area contributed by atoms with Crippen molar-refractivity contribution in [3.05, 3.63) is 51.4 Å². The Kier molecular flexibility index (Phi) is 3.76. The van der Waals surface area contributed by atoms with Gasteiger partial charge in [-0.1, -0.05) is 11.6 Å². The smallest absolute Gasteiger partial charge is 0.334 e. The van der Waals surface area contributed by atoms with Crippen LogP contribution in [-0.4, -0.2) is 19.9 Å². The molecule has 124 valence electrons. The number of anilines is 2. The van der Waals surface area contributed by atoms with E-state index >= 15 is 0 Å². The SMILES string of the molecule is O=[N+]([O-])c1ccc(Cl)nc1Nc1ccc2nc(C(F)(F)F)[nH]c2c1. The van der Waals surface area contributed by atoms with Crippen LogP contribution in [0.5, 0.6) is 0 Å². The number of hydrogen-bond acceptors (Lipinski definition) is 5. The predicted molar refractivity (Wildman–Crippen MR) is 80.3 cm³/mol. The van der Waals surface area contributed by atoms with Gasteiger partial charge in [0, 0.05) is 11.8 Å². The first-order valence-electron chi connectivity index (χ1n) is 6.39. The molecule has 0 unspecified atom stereocenters. The lowest BCUT2D eigenvalue weighted by Crippen LogP contribution is -2.06. The Balaban J connectivity index is 1.99. The zero-order valence-corrected chi connectivity index (χ0v) is 12.3. The molecule has 3 aromatic rings. The molecular formula is C13H7ClF3N5O2. The molecule has 2 aromatic heterocycles. The third-order valence-corrected chi connectivity index (χ3v) is 3.26. The van der Waals surface area contributed by atoms with Crippen LogP contribution in [0, 0.1) is 10.1 Å². The summed E-state index contributed by atoms with van der Waals surface area (Å²) in [7, 11) is 0. The van der Waals surface area contributed by atoms with Crippen LogP contribution >= 0.6 is 11.6 Å². The highest BCUT2D eigenvalue weighted by molar-refractivity contribution is 6.29. The second-order valence-corrected chi connectivity index (χ2v) is 5.09. The normalized spacial score (nSPS) is 11.7. The number of aromatic nitrogens is 3. The van der Waals surface area contributed by atoms with Gasteiger partial charge in [0.25, 0.3) is 0 Å². The summed E-state index contributed by atoms with van der Waals surface area (Å²) >= 11 is 5.72. The lowest BCUT2D eigenvalue weighted by molar-refractivity contribution is -0.384. The van der Waals surface area contributed by atoms with Crippen molar-refractivity contribution in [2.75, 3.05) is 5.32 Å². The molecule has 0 spiro atoms. The van der Waals surface area contributed by atoms with Crippen molar-refractivity contribution in [1.29, 1.82) is 0 Å². The van der Waals surface area contributed by atoms with Gasteiger partial charge in [-0.2, -0.15) is 13.2 Å². The van der Waals surface area contributed by atoms with Gasteiger partial charge in [-0.15, -0.1) is 0 Å². The van der Waals surface area contributed by atoms with Gasteiger partial charge in [0.1, 0.15) is 5.15 Å². The van der Waals surface area contributed by atoms with Gasteiger partial charge in [-0.25, -0.2) is 9.97 Å². The third kappa shape index (κ3) is 3.08. The Hall–Kier alpha value is -2.88. The molecule has 0 radical (unpaired) electrons. The van der Waals surface area contributed by atoms with E-state index in [1.165, 1.54) is 30.3 Å². The number of nitrogens with one attached hydrogen (secondary N) is 2. The largest absolute Gasteiger partial charge is 0.449 e. The number of H-pyrrole nitrogens is 1. The lowest BCUT2D eigenvalue weighted by Gasteiger charge is -2.06. The van der Waals surface area contributed by atoms with Gasteiger partial charge in [0.05, 0.1) is 16.0 Å². The number of alkyl halides is 3. The highest BCUT2D eigenvalue weighted by atomic mass is 35.5. The molecule has 11 heteroatoms. The van der Waals surface area contributed by atoms with E-state index in [9.17, 15) is 23.3 Å². The molecule has 0 fully saturated rings. The van der Waals surface area contributed by atoms with E-state index in [0.717, 1.165) is 0 Å². The van der Waals surface area contributed by atoms with Crippen molar-refractivity contribution >= 4 is 39.8 Å².